The molecule has 1 aliphatic carbocycles. The zero-order chi connectivity index (χ0) is 21.2. The maximum atomic E-state index is 12.2. The molecule has 1 aromatic carbocycles. The third kappa shape index (κ3) is 5.27. The van der Waals surface area contributed by atoms with Crippen molar-refractivity contribution in [1.82, 2.24) is 0 Å². The molecule has 154 valence electrons. The summed E-state index contributed by atoms with van der Waals surface area (Å²) in [5, 5.41) is 1.16. The van der Waals surface area contributed by atoms with Crippen molar-refractivity contribution in [2.75, 3.05) is 0 Å². The molecule has 0 saturated heterocycles. The van der Waals surface area contributed by atoms with Crippen molar-refractivity contribution in [3.63, 3.8) is 0 Å². The zero-order valence-corrected chi connectivity index (χ0v) is 19.3. The minimum atomic E-state index is -0.259. The van der Waals surface area contributed by atoms with Gasteiger partial charge < -0.3 is 4.74 Å². The van der Waals surface area contributed by atoms with Crippen LogP contribution in [0.2, 0.25) is 0 Å². The monoisotopic (exact) mass is 408 g/mol. The van der Waals surface area contributed by atoms with Gasteiger partial charge in [0.1, 0.15) is 0 Å². The van der Waals surface area contributed by atoms with E-state index in [2.05, 4.69) is 52.0 Å². The van der Waals surface area contributed by atoms with Gasteiger partial charge >= 0.3 is 5.97 Å². The fourth-order valence-electron chi connectivity index (χ4n) is 4.03. The van der Waals surface area contributed by atoms with Crippen molar-refractivity contribution < 1.29 is 9.53 Å². The van der Waals surface area contributed by atoms with E-state index < -0.39 is 0 Å². The van der Waals surface area contributed by atoms with Crippen LogP contribution in [-0.2, 0) is 4.74 Å². The molecule has 1 aliphatic rings. The summed E-state index contributed by atoms with van der Waals surface area (Å²) in [6.07, 6.45) is 10.4. The number of rotatable bonds is 5. The summed E-state index contributed by atoms with van der Waals surface area (Å²) < 4.78 is 6.42. The van der Waals surface area contributed by atoms with Crippen LogP contribution in [0.5, 0.6) is 0 Å². The molecular formula is C26H32O2S. The van der Waals surface area contributed by atoms with E-state index in [0.29, 0.717) is 5.56 Å². The van der Waals surface area contributed by atoms with Crippen LogP contribution in [0.1, 0.15) is 76.0 Å². The smallest absolute Gasteiger partial charge is 0.338 e. The maximum absolute atomic E-state index is 12.2. The van der Waals surface area contributed by atoms with Gasteiger partial charge in [0, 0.05) is 9.58 Å². The van der Waals surface area contributed by atoms with Gasteiger partial charge in [-0.3, -0.25) is 0 Å². The molecule has 0 atom stereocenters. The van der Waals surface area contributed by atoms with Gasteiger partial charge in [-0.25, -0.2) is 4.79 Å². The number of ether oxygens (including phenoxy) is 1. The van der Waals surface area contributed by atoms with Gasteiger partial charge in [-0.05, 0) is 93.2 Å². The first-order valence-corrected chi connectivity index (χ1v) is 11.3. The second-order valence-electron chi connectivity index (χ2n) is 9.01. The van der Waals surface area contributed by atoms with Crippen LogP contribution in [-0.4, -0.2) is 12.1 Å². The predicted octanol–water partition coefficient (Wildman–Crippen LogP) is 7.95. The van der Waals surface area contributed by atoms with Crippen molar-refractivity contribution in [3.05, 3.63) is 63.6 Å². The van der Waals surface area contributed by atoms with E-state index in [0.717, 1.165) is 10.1 Å². The number of fused-ring (bicyclic) bond motifs is 1. The lowest BCUT2D eigenvalue weighted by atomic mass is 9.72. The predicted molar refractivity (Wildman–Crippen MR) is 125 cm³/mol. The van der Waals surface area contributed by atoms with Crippen molar-refractivity contribution >= 4 is 33.5 Å². The van der Waals surface area contributed by atoms with E-state index in [1.54, 1.807) is 11.3 Å². The normalized spacial score (nSPS) is 17.6. The maximum Gasteiger partial charge on any atom is 0.338 e. The fraction of sp³-hybridized carbons (Fsp3) is 0.423. The minimum absolute atomic E-state index is 0.109. The van der Waals surface area contributed by atoms with E-state index in [1.165, 1.54) is 40.9 Å². The highest BCUT2D eigenvalue weighted by Gasteiger charge is 2.26. The molecule has 2 aromatic rings. The molecule has 0 amide bonds. The molecule has 1 heterocycles. The largest absolute Gasteiger partial charge is 0.459 e. The summed E-state index contributed by atoms with van der Waals surface area (Å²) in [4.78, 5) is 13.4. The number of hydrogen-bond acceptors (Lipinski definition) is 3. The summed E-state index contributed by atoms with van der Waals surface area (Å²) in [5.74, 6) is -0.259. The Bertz CT molecular complexity index is 999. The Morgan fingerprint density at radius 3 is 2.69 bits per heavy atom. The van der Waals surface area contributed by atoms with Crippen molar-refractivity contribution in [2.24, 2.45) is 5.41 Å². The Hall–Kier alpha value is -2.13. The van der Waals surface area contributed by atoms with E-state index in [9.17, 15) is 4.79 Å². The first-order valence-electron chi connectivity index (χ1n) is 10.5. The summed E-state index contributed by atoms with van der Waals surface area (Å²) in [6, 6.07) is 7.97. The Kier molecular flexibility index (Phi) is 6.48. The number of benzene rings is 1. The molecule has 1 aromatic heterocycles. The standard InChI is InChI=1S/C26H32O2S/c1-17(2)28-25(27)21-11-10-20-15-22(29-24(20)16-21)14-18(3)9-12-23-19(4)8-7-13-26(23,5)6/h9-12,14-17H,7-8,13H2,1-6H3/b12-9+,18-14+. The highest BCUT2D eigenvalue weighted by atomic mass is 32.1. The van der Waals surface area contributed by atoms with Crippen LogP contribution in [0.3, 0.4) is 0 Å². The van der Waals surface area contributed by atoms with E-state index in [1.807, 2.05) is 32.0 Å². The van der Waals surface area contributed by atoms with Crippen LogP contribution in [0.15, 0.2) is 53.1 Å². The van der Waals surface area contributed by atoms with Crippen molar-refractivity contribution in [3.8, 4) is 0 Å². The third-order valence-electron chi connectivity index (χ3n) is 5.54. The van der Waals surface area contributed by atoms with Crippen molar-refractivity contribution in [1.29, 1.82) is 0 Å². The Labute approximate surface area is 179 Å². The van der Waals surface area contributed by atoms with Gasteiger partial charge in [0.25, 0.3) is 0 Å². The molecule has 0 fully saturated rings. The fourth-order valence-corrected chi connectivity index (χ4v) is 5.14. The minimum Gasteiger partial charge on any atom is -0.459 e. The summed E-state index contributed by atoms with van der Waals surface area (Å²) in [5.41, 5.74) is 5.12. The molecular weight excluding hydrogens is 376 g/mol. The van der Waals surface area contributed by atoms with E-state index in [4.69, 9.17) is 4.74 Å². The van der Waals surface area contributed by atoms with E-state index >= 15 is 0 Å². The molecule has 3 rings (SSSR count). The summed E-state index contributed by atoms with van der Waals surface area (Å²) in [7, 11) is 0. The summed E-state index contributed by atoms with van der Waals surface area (Å²) in [6.45, 7) is 12.9. The number of carbonyl (C=O) groups is 1. The van der Waals surface area contributed by atoms with Crippen LogP contribution in [0.4, 0.5) is 0 Å². The Balaban J connectivity index is 1.81. The number of esters is 1. The third-order valence-corrected chi connectivity index (χ3v) is 6.59. The highest BCUT2D eigenvalue weighted by molar-refractivity contribution is 7.19. The SMILES string of the molecule is CC1=C(/C=C/C(C)=C/c2cc3ccc(C(=O)OC(C)C)cc3s2)C(C)(C)CCC1. The lowest BCUT2D eigenvalue weighted by Crippen LogP contribution is -2.19. The highest BCUT2D eigenvalue weighted by Crippen LogP contribution is 2.41. The second-order valence-corrected chi connectivity index (χ2v) is 10.1. The molecule has 0 saturated carbocycles. The van der Waals surface area contributed by atoms with Gasteiger partial charge in [0.15, 0.2) is 0 Å². The molecule has 0 bridgehead atoms. The number of hydrogen-bond donors (Lipinski definition) is 0. The van der Waals surface area contributed by atoms with Gasteiger partial charge in [0.05, 0.1) is 11.7 Å². The lowest BCUT2D eigenvalue weighted by molar-refractivity contribution is 0.0378. The topological polar surface area (TPSA) is 26.3 Å². The molecule has 3 heteroatoms. The van der Waals surface area contributed by atoms with E-state index in [-0.39, 0.29) is 17.5 Å². The van der Waals surface area contributed by atoms with Crippen LogP contribution in [0.25, 0.3) is 16.2 Å². The number of thiophene rings is 1. The number of allylic oxidation sites excluding steroid dienone is 5. The molecule has 29 heavy (non-hydrogen) atoms. The zero-order valence-electron chi connectivity index (χ0n) is 18.5. The van der Waals surface area contributed by atoms with Crippen LogP contribution in [0, 0.1) is 5.41 Å². The van der Waals surface area contributed by atoms with Crippen molar-refractivity contribution in [2.45, 2.75) is 66.9 Å². The first kappa shape index (κ1) is 21.6. The molecule has 0 aliphatic heterocycles. The van der Waals surface area contributed by atoms with Gasteiger partial charge in [-0.2, -0.15) is 0 Å². The Morgan fingerprint density at radius 1 is 1.24 bits per heavy atom. The molecule has 0 unspecified atom stereocenters. The lowest BCUT2D eigenvalue weighted by Gasteiger charge is -2.32. The summed E-state index contributed by atoms with van der Waals surface area (Å²) >= 11 is 1.71. The second kappa shape index (κ2) is 8.71. The van der Waals surface area contributed by atoms with Gasteiger partial charge in [-0.15, -0.1) is 11.3 Å². The average molecular weight is 409 g/mol. The van der Waals surface area contributed by atoms with Gasteiger partial charge in [0.2, 0.25) is 0 Å². The Morgan fingerprint density at radius 2 is 2.00 bits per heavy atom. The number of carbonyl (C=O) groups excluding carboxylic acids is 1. The molecule has 0 spiro atoms. The van der Waals surface area contributed by atoms with Gasteiger partial charge in [-0.1, -0.05) is 37.6 Å². The molecule has 2 nitrogen and oxygen atoms in total. The van der Waals surface area contributed by atoms with Crippen LogP contribution >= 0.6 is 11.3 Å². The quantitative estimate of drug-likeness (QED) is 0.370. The first-order chi connectivity index (χ1) is 13.7. The molecule has 0 N–H and O–H groups in total. The van der Waals surface area contributed by atoms with Crippen LogP contribution < -0.4 is 0 Å². The molecule has 0 radical (unpaired) electrons. The average Bonchev–Trinajstić information content (AvgIpc) is 3.01.